The molecule has 0 heterocycles. The third-order valence-electron chi connectivity index (χ3n) is 2.11. The van der Waals surface area contributed by atoms with Crippen molar-refractivity contribution in [2.24, 2.45) is 0 Å². The number of benzene rings is 1. The summed E-state index contributed by atoms with van der Waals surface area (Å²) in [6, 6.07) is 4.12. The van der Waals surface area contributed by atoms with Gasteiger partial charge in [0, 0.05) is 17.6 Å². The number of hydrogen-bond donors (Lipinski definition) is 2. The van der Waals surface area contributed by atoms with Gasteiger partial charge in [-0.2, -0.15) is 0 Å². The predicted molar refractivity (Wildman–Crippen MR) is 66.2 cm³/mol. The number of rotatable bonds is 4. The number of nitrogens with one attached hydrogen (secondary N) is 1. The van der Waals surface area contributed by atoms with Gasteiger partial charge in [0.25, 0.3) is 5.91 Å². The van der Waals surface area contributed by atoms with E-state index in [1.54, 1.807) is 6.92 Å². The zero-order valence-corrected chi connectivity index (χ0v) is 10.3. The number of amides is 1. The Kier molecular flexibility index (Phi) is 3.90. The molecule has 6 heteroatoms. The fourth-order valence-corrected chi connectivity index (χ4v) is 2.25. The van der Waals surface area contributed by atoms with E-state index in [2.05, 4.69) is 11.9 Å². The second-order valence-corrected chi connectivity index (χ2v) is 5.19. The molecule has 1 aromatic rings. The van der Waals surface area contributed by atoms with Crippen LogP contribution in [0.25, 0.3) is 0 Å². The monoisotopic (exact) mass is 254 g/mol. The number of hydrogen-bond acceptors (Lipinski definition) is 4. The molecule has 0 fully saturated rings. The summed E-state index contributed by atoms with van der Waals surface area (Å²) in [7, 11) is -3.69. The maximum atomic E-state index is 11.7. The van der Waals surface area contributed by atoms with Crippen molar-refractivity contribution in [2.75, 3.05) is 12.3 Å². The van der Waals surface area contributed by atoms with Crippen LogP contribution in [0.1, 0.15) is 17.3 Å². The van der Waals surface area contributed by atoms with Gasteiger partial charge in [-0.1, -0.05) is 6.58 Å². The fraction of sp³-hybridized carbons (Fsp3) is 0.182. The molecule has 1 amide bonds. The van der Waals surface area contributed by atoms with Gasteiger partial charge in [-0.3, -0.25) is 4.79 Å². The van der Waals surface area contributed by atoms with E-state index in [0.717, 1.165) is 5.41 Å². The molecule has 0 aliphatic heterocycles. The highest BCUT2D eigenvalue weighted by atomic mass is 32.2. The first kappa shape index (κ1) is 13.2. The molecule has 0 spiro atoms. The van der Waals surface area contributed by atoms with Crippen LogP contribution < -0.4 is 11.1 Å². The molecule has 3 N–H and O–H groups in total. The molecule has 1 rings (SSSR count). The molecule has 92 valence electrons. The highest BCUT2D eigenvalue weighted by Gasteiger charge is 2.19. The van der Waals surface area contributed by atoms with Crippen LogP contribution >= 0.6 is 0 Å². The van der Waals surface area contributed by atoms with Gasteiger partial charge in [0.1, 0.15) is 0 Å². The summed E-state index contributed by atoms with van der Waals surface area (Å²) in [5.41, 5.74) is 5.87. The van der Waals surface area contributed by atoms with Crippen LogP contribution in [-0.2, 0) is 9.84 Å². The average Bonchev–Trinajstić information content (AvgIpc) is 2.29. The Morgan fingerprint density at radius 3 is 2.71 bits per heavy atom. The molecule has 0 atom stereocenters. The van der Waals surface area contributed by atoms with E-state index in [0.29, 0.717) is 6.54 Å². The lowest BCUT2D eigenvalue weighted by Crippen LogP contribution is -2.24. The van der Waals surface area contributed by atoms with Gasteiger partial charge in [0.2, 0.25) is 0 Å². The van der Waals surface area contributed by atoms with E-state index in [1.165, 1.54) is 18.2 Å². The van der Waals surface area contributed by atoms with Gasteiger partial charge >= 0.3 is 0 Å². The SMILES string of the molecule is C=CS(=O)(=O)c1cc(N)ccc1C(=O)NCC. The van der Waals surface area contributed by atoms with Gasteiger partial charge in [-0.25, -0.2) is 8.42 Å². The number of sulfone groups is 1. The normalized spacial score (nSPS) is 10.9. The van der Waals surface area contributed by atoms with E-state index < -0.39 is 15.7 Å². The highest BCUT2D eigenvalue weighted by molar-refractivity contribution is 7.94. The lowest BCUT2D eigenvalue weighted by molar-refractivity contribution is 0.0952. The standard InChI is InChI=1S/C11H14N2O3S/c1-3-13-11(14)9-6-5-8(12)7-10(9)17(15,16)4-2/h4-7H,2-3,12H2,1H3,(H,13,14). The molecule has 17 heavy (non-hydrogen) atoms. The minimum absolute atomic E-state index is 0.0703. The quantitative estimate of drug-likeness (QED) is 0.782. The molecule has 0 aromatic heterocycles. The summed E-state index contributed by atoms with van der Waals surface area (Å²) in [5.74, 6) is -0.451. The molecule has 5 nitrogen and oxygen atoms in total. The van der Waals surface area contributed by atoms with Crippen molar-refractivity contribution in [1.82, 2.24) is 5.32 Å². The second-order valence-electron chi connectivity index (χ2n) is 3.33. The Labute approximate surface area is 100 Å². The molecule has 0 saturated heterocycles. The maximum absolute atomic E-state index is 11.7. The first-order valence-electron chi connectivity index (χ1n) is 4.97. The average molecular weight is 254 g/mol. The molecular weight excluding hydrogens is 240 g/mol. The van der Waals surface area contributed by atoms with E-state index >= 15 is 0 Å². The van der Waals surface area contributed by atoms with Gasteiger partial charge in [0.15, 0.2) is 9.84 Å². The Bertz CT molecular complexity index is 550. The lowest BCUT2D eigenvalue weighted by atomic mass is 10.2. The van der Waals surface area contributed by atoms with Crippen molar-refractivity contribution in [3.8, 4) is 0 Å². The summed E-state index contributed by atoms with van der Waals surface area (Å²) in [4.78, 5) is 11.6. The van der Waals surface area contributed by atoms with E-state index in [9.17, 15) is 13.2 Å². The molecule has 1 aromatic carbocycles. The number of anilines is 1. The van der Waals surface area contributed by atoms with Crippen LogP contribution in [0.2, 0.25) is 0 Å². The summed E-state index contributed by atoms with van der Waals surface area (Å²) >= 11 is 0. The van der Waals surface area contributed by atoms with Crippen molar-refractivity contribution >= 4 is 21.4 Å². The van der Waals surface area contributed by atoms with Crippen molar-refractivity contribution in [3.63, 3.8) is 0 Å². The van der Waals surface area contributed by atoms with E-state index in [1.807, 2.05) is 0 Å². The van der Waals surface area contributed by atoms with Gasteiger partial charge in [-0.15, -0.1) is 0 Å². The fourth-order valence-electron chi connectivity index (χ4n) is 1.31. The van der Waals surface area contributed by atoms with Crippen molar-refractivity contribution in [1.29, 1.82) is 0 Å². The summed E-state index contributed by atoms with van der Waals surface area (Å²) in [6.45, 7) is 5.38. The molecular formula is C11H14N2O3S. The largest absolute Gasteiger partial charge is 0.399 e. The number of nitrogen functional groups attached to an aromatic ring is 1. The minimum Gasteiger partial charge on any atom is -0.399 e. The first-order valence-corrected chi connectivity index (χ1v) is 6.52. The van der Waals surface area contributed by atoms with Crippen LogP contribution in [0, 0.1) is 0 Å². The molecule has 0 bridgehead atoms. The minimum atomic E-state index is -3.69. The molecule has 0 unspecified atom stereocenters. The third kappa shape index (κ3) is 2.85. The molecule has 0 radical (unpaired) electrons. The smallest absolute Gasteiger partial charge is 0.252 e. The second kappa shape index (κ2) is 5.01. The molecule has 0 saturated carbocycles. The van der Waals surface area contributed by atoms with Gasteiger partial charge in [-0.05, 0) is 25.1 Å². The third-order valence-corrected chi connectivity index (χ3v) is 3.50. The Hall–Kier alpha value is -1.82. The highest BCUT2D eigenvalue weighted by Crippen LogP contribution is 2.20. The predicted octanol–water partition coefficient (Wildman–Crippen LogP) is 0.936. The summed E-state index contributed by atoms with van der Waals surface area (Å²) in [5, 5.41) is 3.34. The van der Waals surface area contributed by atoms with Crippen LogP contribution in [0.4, 0.5) is 5.69 Å². The van der Waals surface area contributed by atoms with Crippen molar-refractivity contribution < 1.29 is 13.2 Å². The Balaban J connectivity index is 3.42. The zero-order valence-electron chi connectivity index (χ0n) is 9.43. The molecule has 0 aliphatic carbocycles. The van der Waals surface area contributed by atoms with Crippen molar-refractivity contribution in [2.45, 2.75) is 11.8 Å². The number of carbonyl (C=O) groups is 1. The number of nitrogens with two attached hydrogens (primary N) is 1. The summed E-state index contributed by atoms with van der Waals surface area (Å²) < 4.78 is 23.5. The van der Waals surface area contributed by atoms with Gasteiger partial charge < -0.3 is 11.1 Å². The Morgan fingerprint density at radius 1 is 1.53 bits per heavy atom. The number of carbonyl (C=O) groups excluding carboxylic acids is 1. The maximum Gasteiger partial charge on any atom is 0.252 e. The van der Waals surface area contributed by atoms with Crippen molar-refractivity contribution in [3.05, 3.63) is 35.7 Å². The topological polar surface area (TPSA) is 89.3 Å². The molecule has 0 aliphatic rings. The van der Waals surface area contributed by atoms with Crippen LogP contribution in [0.15, 0.2) is 35.1 Å². The zero-order chi connectivity index (χ0) is 13.1. The first-order chi connectivity index (χ1) is 7.92. The van der Waals surface area contributed by atoms with Crippen LogP contribution in [0.5, 0.6) is 0 Å². The lowest BCUT2D eigenvalue weighted by Gasteiger charge is -2.08. The Morgan fingerprint density at radius 2 is 2.18 bits per heavy atom. The van der Waals surface area contributed by atoms with Gasteiger partial charge in [0.05, 0.1) is 10.5 Å². The van der Waals surface area contributed by atoms with Crippen LogP contribution in [-0.4, -0.2) is 20.9 Å². The summed E-state index contributed by atoms with van der Waals surface area (Å²) in [6.07, 6.45) is 0. The van der Waals surface area contributed by atoms with E-state index in [4.69, 9.17) is 5.73 Å². The van der Waals surface area contributed by atoms with Crippen LogP contribution in [0.3, 0.4) is 0 Å². The van der Waals surface area contributed by atoms with E-state index in [-0.39, 0.29) is 16.1 Å².